The molecule has 1 N–H and O–H groups in total. The van der Waals surface area contributed by atoms with Crippen LogP contribution in [0.3, 0.4) is 0 Å². The van der Waals surface area contributed by atoms with Crippen LogP contribution in [-0.2, 0) is 13.1 Å². The van der Waals surface area contributed by atoms with Crippen LogP contribution in [0.4, 0.5) is 14.9 Å². The third-order valence-electron chi connectivity index (χ3n) is 5.58. The minimum absolute atomic E-state index is 0.153. The number of methoxy groups -OCH3 is 1. The molecule has 6 nitrogen and oxygen atoms in total. The zero-order valence-corrected chi connectivity index (χ0v) is 18.5. The average molecular weight is 448 g/mol. The van der Waals surface area contributed by atoms with Gasteiger partial charge in [0.15, 0.2) is 0 Å². The first-order valence-electron chi connectivity index (χ1n) is 10.9. The van der Waals surface area contributed by atoms with E-state index in [0.717, 1.165) is 23.3 Å². The maximum Gasteiger partial charge on any atom is 0.324 e. The number of nitrogens with zero attached hydrogens (tertiary/aromatic N) is 2. The van der Waals surface area contributed by atoms with Gasteiger partial charge in [-0.3, -0.25) is 9.69 Å². The maximum absolute atomic E-state index is 13.5. The van der Waals surface area contributed by atoms with Crippen LogP contribution < -0.4 is 15.0 Å². The number of benzene rings is 3. The van der Waals surface area contributed by atoms with Crippen molar-refractivity contribution in [3.63, 3.8) is 0 Å². The fourth-order valence-electron chi connectivity index (χ4n) is 3.91. The molecule has 0 radical (unpaired) electrons. The molecule has 170 valence electrons. The third kappa shape index (κ3) is 5.49. The molecular formula is C26H26FN3O3. The number of anilines is 1. The second-order valence-corrected chi connectivity index (χ2v) is 7.92. The fraction of sp³-hybridized carbons (Fsp3) is 0.231. The number of ether oxygens (including phenoxy) is 1. The molecule has 0 bridgehead atoms. The predicted molar refractivity (Wildman–Crippen MR) is 125 cm³/mol. The number of halogens is 1. The summed E-state index contributed by atoms with van der Waals surface area (Å²) in [4.78, 5) is 29.2. The summed E-state index contributed by atoms with van der Waals surface area (Å²) >= 11 is 0. The van der Waals surface area contributed by atoms with Crippen LogP contribution in [-0.4, -0.2) is 37.0 Å². The Kier molecular flexibility index (Phi) is 6.88. The van der Waals surface area contributed by atoms with E-state index in [9.17, 15) is 14.0 Å². The van der Waals surface area contributed by atoms with E-state index < -0.39 is 0 Å². The SMILES string of the molecule is COc1cccc(CNC(=O)c2cccc(N3CCCN(Cc4cccc(F)c4)C3=O)c2)c1. The van der Waals surface area contributed by atoms with Gasteiger partial charge in [-0.1, -0.05) is 30.3 Å². The van der Waals surface area contributed by atoms with Crippen LogP contribution in [0, 0.1) is 5.82 Å². The molecule has 0 saturated carbocycles. The van der Waals surface area contributed by atoms with Gasteiger partial charge < -0.3 is 15.0 Å². The van der Waals surface area contributed by atoms with Gasteiger partial charge in [-0.05, 0) is 60.0 Å². The smallest absolute Gasteiger partial charge is 0.324 e. The summed E-state index contributed by atoms with van der Waals surface area (Å²) in [5, 5.41) is 2.91. The number of hydrogen-bond acceptors (Lipinski definition) is 3. The van der Waals surface area contributed by atoms with Gasteiger partial charge in [-0.2, -0.15) is 0 Å². The number of hydrogen-bond donors (Lipinski definition) is 1. The van der Waals surface area contributed by atoms with Gasteiger partial charge in [0.2, 0.25) is 0 Å². The quantitative estimate of drug-likeness (QED) is 0.576. The topological polar surface area (TPSA) is 61.9 Å². The van der Waals surface area contributed by atoms with Crippen LogP contribution >= 0.6 is 0 Å². The molecule has 0 unspecified atom stereocenters. The fourth-order valence-corrected chi connectivity index (χ4v) is 3.91. The van der Waals surface area contributed by atoms with Gasteiger partial charge in [0.25, 0.3) is 5.91 Å². The first-order valence-corrected chi connectivity index (χ1v) is 10.9. The molecule has 1 fully saturated rings. The van der Waals surface area contributed by atoms with Crippen molar-refractivity contribution in [1.29, 1.82) is 0 Å². The average Bonchev–Trinajstić information content (AvgIpc) is 2.84. The first kappa shape index (κ1) is 22.3. The van der Waals surface area contributed by atoms with Crippen molar-refractivity contribution in [2.75, 3.05) is 25.1 Å². The van der Waals surface area contributed by atoms with Crippen LogP contribution in [0.1, 0.15) is 27.9 Å². The van der Waals surface area contributed by atoms with E-state index >= 15 is 0 Å². The lowest BCUT2D eigenvalue weighted by molar-refractivity contribution is 0.0950. The summed E-state index contributed by atoms with van der Waals surface area (Å²) in [6.07, 6.45) is 0.785. The Labute approximate surface area is 192 Å². The number of amides is 3. The van der Waals surface area contributed by atoms with Gasteiger partial charge >= 0.3 is 6.03 Å². The molecule has 3 amide bonds. The summed E-state index contributed by atoms with van der Waals surface area (Å²) in [7, 11) is 1.60. The highest BCUT2D eigenvalue weighted by molar-refractivity contribution is 5.98. The molecule has 1 aliphatic rings. The zero-order chi connectivity index (χ0) is 23.2. The Morgan fingerprint density at radius 3 is 2.61 bits per heavy atom. The number of nitrogens with one attached hydrogen (secondary N) is 1. The van der Waals surface area contributed by atoms with Gasteiger partial charge in [0, 0.05) is 37.4 Å². The lowest BCUT2D eigenvalue weighted by Gasteiger charge is -2.35. The highest BCUT2D eigenvalue weighted by atomic mass is 19.1. The van der Waals surface area contributed by atoms with Crippen molar-refractivity contribution in [1.82, 2.24) is 10.2 Å². The monoisotopic (exact) mass is 447 g/mol. The largest absolute Gasteiger partial charge is 0.497 e. The molecule has 33 heavy (non-hydrogen) atoms. The number of rotatable bonds is 7. The molecule has 3 aromatic carbocycles. The normalized spacial score (nSPS) is 13.7. The van der Waals surface area contributed by atoms with Crippen molar-refractivity contribution in [2.45, 2.75) is 19.5 Å². The van der Waals surface area contributed by atoms with Gasteiger partial charge in [0.1, 0.15) is 11.6 Å². The molecule has 0 aromatic heterocycles. The van der Waals surface area contributed by atoms with Crippen molar-refractivity contribution >= 4 is 17.6 Å². The lowest BCUT2D eigenvalue weighted by atomic mass is 10.1. The van der Waals surface area contributed by atoms with E-state index in [0.29, 0.717) is 37.4 Å². The maximum atomic E-state index is 13.5. The zero-order valence-electron chi connectivity index (χ0n) is 18.5. The molecule has 0 aliphatic carbocycles. The molecule has 1 saturated heterocycles. The van der Waals surface area contributed by atoms with Crippen molar-refractivity contribution in [2.24, 2.45) is 0 Å². The van der Waals surface area contributed by atoms with E-state index in [4.69, 9.17) is 4.74 Å². The number of carbonyl (C=O) groups is 2. The van der Waals surface area contributed by atoms with E-state index in [-0.39, 0.29) is 17.8 Å². The summed E-state index contributed by atoms with van der Waals surface area (Å²) in [5.41, 5.74) is 2.82. The molecule has 0 atom stereocenters. The minimum atomic E-state index is -0.318. The summed E-state index contributed by atoms with van der Waals surface area (Å²) in [5.74, 6) is 0.192. The van der Waals surface area contributed by atoms with E-state index in [1.807, 2.05) is 36.4 Å². The van der Waals surface area contributed by atoms with Gasteiger partial charge in [-0.15, -0.1) is 0 Å². The first-order chi connectivity index (χ1) is 16.0. The standard InChI is InChI=1S/C26H26FN3O3/c1-33-24-11-3-6-19(15-24)17-28-25(31)21-8-4-10-23(16-21)30-13-5-12-29(26(30)32)18-20-7-2-9-22(27)14-20/h2-4,6-11,14-16H,5,12-13,17-18H2,1H3,(H,28,31). The second-order valence-electron chi connectivity index (χ2n) is 7.92. The summed E-state index contributed by atoms with van der Waals surface area (Å²) < 4.78 is 18.7. The lowest BCUT2D eigenvalue weighted by Crippen LogP contribution is -2.49. The Balaban J connectivity index is 1.43. The highest BCUT2D eigenvalue weighted by Gasteiger charge is 2.27. The van der Waals surface area contributed by atoms with E-state index in [2.05, 4.69) is 5.32 Å². The minimum Gasteiger partial charge on any atom is -0.497 e. The third-order valence-corrected chi connectivity index (χ3v) is 5.58. The van der Waals surface area contributed by atoms with Crippen molar-refractivity contribution < 1.29 is 18.7 Å². The Morgan fingerprint density at radius 2 is 1.79 bits per heavy atom. The molecule has 7 heteroatoms. The number of urea groups is 1. The summed E-state index contributed by atoms with van der Waals surface area (Å²) in [6, 6.07) is 20.7. The van der Waals surface area contributed by atoms with Gasteiger partial charge in [-0.25, -0.2) is 9.18 Å². The summed E-state index contributed by atoms with van der Waals surface area (Å²) in [6.45, 7) is 1.87. The van der Waals surface area contributed by atoms with E-state index in [1.165, 1.54) is 12.1 Å². The van der Waals surface area contributed by atoms with Crippen LogP contribution in [0.5, 0.6) is 5.75 Å². The number of carbonyl (C=O) groups excluding carboxylic acids is 2. The molecular weight excluding hydrogens is 421 g/mol. The van der Waals surface area contributed by atoms with Crippen LogP contribution in [0.25, 0.3) is 0 Å². The molecule has 1 heterocycles. The van der Waals surface area contributed by atoms with Crippen molar-refractivity contribution in [3.8, 4) is 5.75 Å². The molecule has 1 aliphatic heterocycles. The van der Waals surface area contributed by atoms with Crippen LogP contribution in [0.2, 0.25) is 0 Å². The second kappa shape index (κ2) is 10.2. The Morgan fingerprint density at radius 1 is 1.00 bits per heavy atom. The van der Waals surface area contributed by atoms with Gasteiger partial charge in [0.05, 0.1) is 7.11 Å². The highest BCUT2D eigenvalue weighted by Crippen LogP contribution is 2.23. The van der Waals surface area contributed by atoms with Crippen LogP contribution in [0.15, 0.2) is 72.8 Å². The predicted octanol–water partition coefficient (Wildman–Crippen LogP) is 4.60. The molecule has 4 rings (SSSR count). The molecule has 0 spiro atoms. The molecule has 3 aromatic rings. The van der Waals surface area contributed by atoms with E-state index in [1.54, 1.807) is 41.2 Å². The van der Waals surface area contributed by atoms with Crippen molar-refractivity contribution in [3.05, 3.63) is 95.3 Å². The Hall–Kier alpha value is -3.87. The Bertz CT molecular complexity index is 1150.